The number of benzene rings is 3. The first-order chi connectivity index (χ1) is 18.6. The maximum absolute atomic E-state index is 15.0. The molecule has 0 bridgehead atoms. The van der Waals surface area contributed by atoms with Gasteiger partial charge in [-0.15, -0.1) is 0 Å². The summed E-state index contributed by atoms with van der Waals surface area (Å²) in [7, 11) is 0. The normalized spacial score (nSPS) is 19.3. The van der Waals surface area contributed by atoms with E-state index in [1.165, 1.54) is 6.07 Å². The van der Waals surface area contributed by atoms with Crippen molar-refractivity contribution >= 4 is 5.97 Å². The Balaban J connectivity index is 1.44. The van der Waals surface area contributed by atoms with E-state index in [1.54, 1.807) is 0 Å². The molecule has 39 heavy (non-hydrogen) atoms. The van der Waals surface area contributed by atoms with E-state index in [9.17, 15) is 23.1 Å². The third-order valence-corrected chi connectivity index (χ3v) is 8.56. The van der Waals surface area contributed by atoms with Gasteiger partial charge in [0.25, 0.3) is 6.43 Å². The molecule has 2 aliphatic rings. The van der Waals surface area contributed by atoms with E-state index in [0.717, 1.165) is 60.9 Å². The molecule has 0 aromatic heterocycles. The van der Waals surface area contributed by atoms with Gasteiger partial charge >= 0.3 is 5.97 Å². The first kappa shape index (κ1) is 27.3. The van der Waals surface area contributed by atoms with E-state index in [1.807, 2.05) is 42.5 Å². The Hall–Kier alpha value is -3.28. The molecule has 0 heterocycles. The van der Waals surface area contributed by atoms with E-state index >= 15 is 0 Å². The van der Waals surface area contributed by atoms with Crippen molar-refractivity contribution in [2.75, 3.05) is 0 Å². The van der Waals surface area contributed by atoms with Crippen molar-refractivity contribution in [2.45, 2.75) is 77.2 Å². The predicted molar refractivity (Wildman–Crippen MR) is 146 cm³/mol. The van der Waals surface area contributed by atoms with E-state index in [0.29, 0.717) is 17.2 Å². The first-order valence-electron chi connectivity index (χ1n) is 13.8. The van der Waals surface area contributed by atoms with E-state index in [-0.39, 0.29) is 41.4 Å². The molecule has 0 spiro atoms. The molecule has 3 nitrogen and oxygen atoms in total. The van der Waals surface area contributed by atoms with Crippen LogP contribution in [0, 0.1) is 17.2 Å². The van der Waals surface area contributed by atoms with Gasteiger partial charge in [-0.05, 0) is 95.4 Å². The topological polar surface area (TPSA) is 46.5 Å². The SMILES string of the molecule is CC1(C)CCC[C@@H]1c1cc(COc2cccc([C@H](CC(=O)O)C3CC3)c2)ccc1-c1cc(C(F)F)ccc1F. The van der Waals surface area contributed by atoms with Crippen molar-refractivity contribution in [1.29, 1.82) is 0 Å². The molecule has 0 aliphatic heterocycles. The Morgan fingerprint density at radius 2 is 1.79 bits per heavy atom. The second-order valence-electron chi connectivity index (χ2n) is 11.8. The highest BCUT2D eigenvalue weighted by Crippen LogP contribution is 2.51. The summed E-state index contributed by atoms with van der Waals surface area (Å²) in [6.07, 6.45) is 2.60. The lowest BCUT2D eigenvalue weighted by atomic mass is 9.75. The standard InChI is InChI=1S/C33H35F3O3/c1-33(2)14-4-7-29(33)27-15-20(8-12-25(27)28-17-23(32(35)36)11-13-30(28)34)19-39-24-6-3-5-22(16-24)26(18-31(37)38)21-9-10-21/h3,5-6,8,11-13,15-17,21,26,29,32H,4,7,9-10,14,18-19H2,1-2H3,(H,37,38)/t26-,29-/m1/s1. The van der Waals surface area contributed by atoms with Crippen molar-refractivity contribution in [2.24, 2.45) is 11.3 Å². The number of alkyl halides is 2. The van der Waals surface area contributed by atoms with E-state index in [4.69, 9.17) is 4.74 Å². The predicted octanol–water partition coefficient (Wildman–Crippen LogP) is 9.27. The monoisotopic (exact) mass is 536 g/mol. The molecular formula is C33H35F3O3. The van der Waals surface area contributed by atoms with E-state index < -0.39 is 18.2 Å². The second kappa shape index (κ2) is 11.1. The Bertz CT molecular complexity index is 1350. The van der Waals surface area contributed by atoms with Gasteiger partial charge in [0.2, 0.25) is 0 Å². The Morgan fingerprint density at radius 3 is 2.46 bits per heavy atom. The summed E-state index contributed by atoms with van der Waals surface area (Å²) in [5.74, 6) is -0.0718. The molecule has 206 valence electrons. The fraction of sp³-hybridized carbons (Fsp3) is 0.424. The summed E-state index contributed by atoms with van der Waals surface area (Å²) < 4.78 is 48.1. The summed E-state index contributed by atoms with van der Waals surface area (Å²) in [5.41, 5.74) is 3.53. The van der Waals surface area contributed by atoms with Gasteiger partial charge in [-0.3, -0.25) is 4.79 Å². The fourth-order valence-electron chi connectivity index (χ4n) is 6.27. The number of ether oxygens (including phenoxy) is 1. The molecule has 3 aromatic rings. The second-order valence-corrected chi connectivity index (χ2v) is 11.8. The molecule has 0 amide bonds. The van der Waals surface area contributed by atoms with Gasteiger partial charge in [-0.1, -0.05) is 56.7 Å². The Labute approximate surface area is 228 Å². The molecule has 2 aliphatic carbocycles. The smallest absolute Gasteiger partial charge is 0.303 e. The molecule has 3 aromatic carbocycles. The van der Waals surface area contributed by atoms with E-state index in [2.05, 4.69) is 13.8 Å². The summed E-state index contributed by atoms with van der Waals surface area (Å²) in [6.45, 7) is 4.71. The molecule has 2 fully saturated rings. The highest BCUT2D eigenvalue weighted by molar-refractivity contribution is 5.70. The quantitative estimate of drug-likeness (QED) is 0.281. The van der Waals surface area contributed by atoms with Crippen LogP contribution >= 0.6 is 0 Å². The van der Waals surface area contributed by atoms with Crippen molar-refractivity contribution in [1.82, 2.24) is 0 Å². The van der Waals surface area contributed by atoms with Gasteiger partial charge in [0.05, 0.1) is 6.42 Å². The van der Waals surface area contributed by atoms with Crippen LogP contribution in [0.2, 0.25) is 0 Å². The van der Waals surface area contributed by atoms with Crippen molar-refractivity contribution in [3.63, 3.8) is 0 Å². The van der Waals surface area contributed by atoms with Crippen LogP contribution in [0.5, 0.6) is 5.75 Å². The number of aliphatic carboxylic acids is 1. The molecule has 2 saturated carbocycles. The minimum absolute atomic E-state index is 0.00132. The average Bonchev–Trinajstić information content (AvgIpc) is 3.68. The highest BCUT2D eigenvalue weighted by atomic mass is 19.3. The van der Waals surface area contributed by atoms with Gasteiger partial charge in [0, 0.05) is 11.1 Å². The number of hydrogen-bond donors (Lipinski definition) is 1. The molecule has 2 atom stereocenters. The van der Waals surface area contributed by atoms with Crippen molar-refractivity contribution in [3.05, 3.63) is 88.7 Å². The van der Waals surface area contributed by atoms with Crippen LogP contribution in [0.4, 0.5) is 13.2 Å². The number of carbonyl (C=O) groups is 1. The Morgan fingerprint density at radius 1 is 1.00 bits per heavy atom. The van der Waals surface area contributed by atoms with Crippen molar-refractivity contribution < 1.29 is 27.8 Å². The lowest BCUT2D eigenvalue weighted by Crippen LogP contribution is -2.17. The molecule has 5 rings (SSSR count). The number of rotatable bonds is 10. The minimum atomic E-state index is -2.67. The first-order valence-corrected chi connectivity index (χ1v) is 13.8. The van der Waals surface area contributed by atoms with Gasteiger partial charge in [0.15, 0.2) is 0 Å². The van der Waals surface area contributed by atoms with Crippen LogP contribution in [-0.2, 0) is 11.4 Å². The van der Waals surface area contributed by atoms with Crippen LogP contribution in [0.15, 0.2) is 60.7 Å². The lowest BCUT2D eigenvalue weighted by Gasteiger charge is -2.30. The summed E-state index contributed by atoms with van der Waals surface area (Å²) in [6, 6.07) is 17.0. The van der Waals surface area contributed by atoms with Crippen molar-refractivity contribution in [3.8, 4) is 16.9 Å². The molecule has 1 N–H and O–H groups in total. The maximum Gasteiger partial charge on any atom is 0.303 e. The molecule has 6 heteroatoms. The zero-order chi connectivity index (χ0) is 27.7. The zero-order valence-corrected chi connectivity index (χ0v) is 22.4. The lowest BCUT2D eigenvalue weighted by molar-refractivity contribution is -0.137. The summed E-state index contributed by atoms with van der Waals surface area (Å²) in [5, 5.41) is 9.37. The molecule has 0 radical (unpaired) electrons. The van der Waals surface area contributed by atoms with Gasteiger partial charge in [-0.25, -0.2) is 13.2 Å². The molecule has 0 unspecified atom stereocenters. The number of hydrogen-bond acceptors (Lipinski definition) is 2. The summed E-state index contributed by atoms with van der Waals surface area (Å²) in [4.78, 5) is 11.4. The number of carboxylic acid groups (broad SMARTS) is 1. The maximum atomic E-state index is 15.0. The third kappa shape index (κ3) is 6.15. The van der Waals surface area contributed by atoms with Gasteiger partial charge in [-0.2, -0.15) is 0 Å². The largest absolute Gasteiger partial charge is 0.489 e. The van der Waals surface area contributed by atoms with Gasteiger partial charge in [0.1, 0.15) is 18.2 Å². The molecular weight excluding hydrogens is 501 g/mol. The highest BCUT2D eigenvalue weighted by Gasteiger charge is 2.37. The van der Waals surface area contributed by atoms with Crippen LogP contribution in [0.25, 0.3) is 11.1 Å². The van der Waals surface area contributed by atoms with Crippen LogP contribution < -0.4 is 4.74 Å². The van der Waals surface area contributed by atoms with Crippen LogP contribution in [-0.4, -0.2) is 11.1 Å². The third-order valence-electron chi connectivity index (χ3n) is 8.56. The van der Waals surface area contributed by atoms with Crippen LogP contribution in [0.1, 0.15) is 92.9 Å². The fourth-order valence-corrected chi connectivity index (χ4v) is 6.27. The molecule has 0 saturated heterocycles. The van der Waals surface area contributed by atoms with Gasteiger partial charge < -0.3 is 9.84 Å². The number of carboxylic acids is 1. The zero-order valence-electron chi connectivity index (χ0n) is 22.4. The Kier molecular flexibility index (Phi) is 7.75. The number of halogens is 3. The minimum Gasteiger partial charge on any atom is -0.489 e. The average molecular weight is 537 g/mol. The van der Waals surface area contributed by atoms with Crippen LogP contribution in [0.3, 0.4) is 0 Å². The summed E-state index contributed by atoms with van der Waals surface area (Å²) >= 11 is 0.